The van der Waals surface area contributed by atoms with Gasteiger partial charge in [0, 0.05) is 18.4 Å². The zero-order valence-electron chi connectivity index (χ0n) is 13.6. The Hall–Kier alpha value is -2.55. The van der Waals surface area contributed by atoms with Crippen LogP contribution in [0, 0.1) is 11.3 Å². The quantitative estimate of drug-likeness (QED) is 0.662. The van der Waals surface area contributed by atoms with Crippen molar-refractivity contribution in [3.05, 3.63) is 47.0 Å². The standard InChI is InChI=1S/C19H18ClN3O2/c20-18-15(13-4-2-1-3-5-13)10-17(16(11-21)19(18)23-12-22)25-14-6-8-24-9-7-14/h1-5,10,12,14H,6-9H2,(H2,22,23). The molecular formula is C19H18ClN3O2. The van der Waals surface area contributed by atoms with Gasteiger partial charge in [-0.25, -0.2) is 4.99 Å². The van der Waals surface area contributed by atoms with E-state index >= 15 is 0 Å². The summed E-state index contributed by atoms with van der Waals surface area (Å²) >= 11 is 6.52. The minimum Gasteiger partial charge on any atom is -0.489 e. The molecule has 25 heavy (non-hydrogen) atoms. The van der Waals surface area contributed by atoms with E-state index < -0.39 is 0 Å². The summed E-state index contributed by atoms with van der Waals surface area (Å²) in [5.41, 5.74) is 7.75. The smallest absolute Gasteiger partial charge is 0.140 e. The summed E-state index contributed by atoms with van der Waals surface area (Å²) in [6.45, 7) is 1.30. The molecule has 1 fully saturated rings. The average molecular weight is 356 g/mol. The van der Waals surface area contributed by atoms with Crippen molar-refractivity contribution in [2.45, 2.75) is 18.9 Å². The number of hydrogen-bond donors (Lipinski definition) is 1. The van der Waals surface area contributed by atoms with Crippen LogP contribution in [0.4, 0.5) is 5.69 Å². The SMILES string of the molecule is N#Cc1c(OC2CCOCC2)cc(-c2ccccc2)c(Cl)c1N=CN. The van der Waals surface area contributed by atoms with Gasteiger partial charge in [-0.3, -0.25) is 0 Å². The molecular weight excluding hydrogens is 338 g/mol. The molecule has 5 nitrogen and oxygen atoms in total. The summed E-state index contributed by atoms with van der Waals surface area (Å²) in [5, 5.41) is 9.99. The van der Waals surface area contributed by atoms with Gasteiger partial charge in [0.15, 0.2) is 0 Å². The topological polar surface area (TPSA) is 80.6 Å². The number of ether oxygens (including phenoxy) is 2. The molecule has 2 N–H and O–H groups in total. The van der Waals surface area contributed by atoms with E-state index in [-0.39, 0.29) is 11.7 Å². The molecule has 2 aromatic rings. The van der Waals surface area contributed by atoms with E-state index in [9.17, 15) is 5.26 Å². The molecule has 0 atom stereocenters. The molecule has 0 aromatic heterocycles. The van der Waals surface area contributed by atoms with Crippen molar-refractivity contribution in [2.75, 3.05) is 13.2 Å². The molecule has 128 valence electrons. The van der Waals surface area contributed by atoms with Crippen LogP contribution in [-0.4, -0.2) is 25.7 Å². The molecule has 0 bridgehead atoms. The van der Waals surface area contributed by atoms with E-state index in [1.165, 1.54) is 0 Å². The van der Waals surface area contributed by atoms with Gasteiger partial charge in [-0.2, -0.15) is 5.26 Å². The first kappa shape index (κ1) is 17.3. The zero-order valence-corrected chi connectivity index (χ0v) is 14.4. The second-order valence-corrected chi connectivity index (χ2v) is 6.02. The van der Waals surface area contributed by atoms with E-state index in [1.54, 1.807) is 6.07 Å². The third-order valence-corrected chi connectivity index (χ3v) is 4.45. The van der Waals surface area contributed by atoms with E-state index in [2.05, 4.69) is 11.1 Å². The fourth-order valence-electron chi connectivity index (χ4n) is 2.82. The normalized spacial score (nSPS) is 15.2. The van der Waals surface area contributed by atoms with Gasteiger partial charge in [0.05, 0.1) is 24.6 Å². The Morgan fingerprint density at radius 1 is 1.28 bits per heavy atom. The first-order chi connectivity index (χ1) is 12.2. The summed E-state index contributed by atoms with van der Waals surface area (Å²) in [5.74, 6) is 0.471. The lowest BCUT2D eigenvalue weighted by molar-refractivity contribution is 0.0255. The highest BCUT2D eigenvalue weighted by molar-refractivity contribution is 6.36. The van der Waals surface area contributed by atoms with Crippen LogP contribution in [0.5, 0.6) is 5.75 Å². The van der Waals surface area contributed by atoms with Crippen molar-refractivity contribution in [3.63, 3.8) is 0 Å². The van der Waals surface area contributed by atoms with E-state index in [0.717, 1.165) is 30.3 Å². The third-order valence-electron chi connectivity index (χ3n) is 4.07. The van der Waals surface area contributed by atoms with Crippen molar-refractivity contribution >= 4 is 23.6 Å². The van der Waals surface area contributed by atoms with Crippen LogP contribution < -0.4 is 10.5 Å². The number of nitrogens with two attached hydrogens (primary N) is 1. The van der Waals surface area contributed by atoms with Gasteiger partial charge in [0.1, 0.15) is 29.2 Å². The number of benzene rings is 2. The number of hydrogen-bond acceptors (Lipinski definition) is 4. The lowest BCUT2D eigenvalue weighted by Crippen LogP contribution is -2.26. The van der Waals surface area contributed by atoms with E-state index in [4.69, 9.17) is 26.8 Å². The predicted molar refractivity (Wildman–Crippen MR) is 98.4 cm³/mol. The monoisotopic (exact) mass is 355 g/mol. The number of nitrogens with zero attached hydrogens (tertiary/aromatic N) is 2. The highest BCUT2D eigenvalue weighted by atomic mass is 35.5. The molecule has 1 heterocycles. The van der Waals surface area contributed by atoms with Gasteiger partial charge in [-0.05, 0) is 11.6 Å². The fraction of sp³-hybridized carbons (Fsp3) is 0.263. The van der Waals surface area contributed by atoms with Crippen LogP contribution in [0.25, 0.3) is 11.1 Å². The van der Waals surface area contributed by atoms with Crippen LogP contribution >= 0.6 is 11.6 Å². The fourth-order valence-corrected chi connectivity index (χ4v) is 3.13. The highest BCUT2D eigenvalue weighted by Gasteiger charge is 2.22. The molecule has 0 spiro atoms. The lowest BCUT2D eigenvalue weighted by atomic mass is 10.0. The summed E-state index contributed by atoms with van der Waals surface area (Å²) < 4.78 is 11.5. The van der Waals surface area contributed by atoms with Crippen LogP contribution in [0.15, 0.2) is 41.4 Å². The number of halogens is 1. The lowest BCUT2D eigenvalue weighted by Gasteiger charge is -2.24. The average Bonchev–Trinajstić information content (AvgIpc) is 2.66. The Kier molecular flexibility index (Phi) is 5.54. The van der Waals surface area contributed by atoms with Crippen LogP contribution in [-0.2, 0) is 4.74 Å². The predicted octanol–water partition coefficient (Wildman–Crippen LogP) is 4.05. The van der Waals surface area contributed by atoms with Gasteiger partial charge in [0.2, 0.25) is 0 Å². The van der Waals surface area contributed by atoms with Gasteiger partial charge in [0.25, 0.3) is 0 Å². The summed E-state index contributed by atoms with van der Waals surface area (Å²) in [7, 11) is 0. The first-order valence-corrected chi connectivity index (χ1v) is 8.43. The molecule has 0 aliphatic carbocycles. The van der Waals surface area contributed by atoms with Gasteiger partial charge >= 0.3 is 0 Å². The number of nitriles is 1. The molecule has 0 amide bonds. The van der Waals surface area contributed by atoms with E-state index in [1.807, 2.05) is 30.3 Å². The molecule has 0 unspecified atom stereocenters. The number of aliphatic imine (C=N–C) groups is 1. The Labute approximate surface area is 151 Å². The minimum atomic E-state index is 0.000329. The Balaban J connectivity index is 2.12. The summed E-state index contributed by atoms with van der Waals surface area (Å²) in [4.78, 5) is 4.11. The Morgan fingerprint density at radius 3 is 2.64 bits per heavy atom. The first-order valence-electron chi connectivity index (χ1n) is 8.05. The molecule has 1 aliphatic rings. The third kappa shape index (κ3) is 3.76. The molecule has 0 saturated carbocycles. The van der Waals surface area contributed by atoms with Crippen molar-refractivity contribution in [1.82, 2.24) is 0 Å². The largest absolute Gasteiger partial charge is 0.489 e. The van der Waals surface area contributed by atoms with Crippen molar-refractivity contribution in [3.8, 4) is 22.9 Å². The van der Waals surface area contributed by atoms with Crippen LogP contribution in [0.3, 0.4) is 0 Å². The number of rotatable bonds is 4. The van der Waals surface area contributed by atoms with Crippen molar-refractivity contribution < 1.29 is 9.47 Å². The van der Waals surface area contributed by atoms with E-state index in [0.29, 0.717) is 29.7 Å². The second-order valence-electron chi connectivity index (χ2n) is 5.65. The van der Waals surface area contributed by atoms with Crippen LogP contribution in [0.2, 0.25) is 5.02 Å². The molecule has 1 aliphatic heterocycles. The molecule has 0 radical (unpaired) electrons. The van der Waals surface area contributed by atoms with Crippen LogP contribution in [0.1, 0.15) is 18.4 Å². The van der Waals surface area contributed by atoms with Crippen molar-refractivity contribution in [1.29, 1.82) is 5.26 Å². The van der Waals surface area contributed by atoms with Crippen molar-refractivity contribution in [2.24, 2.45) is 10.7 Å². The summed E-state index contributed by atoms with van der Waals surface area (Å²) in [6, 6.07) is 13.6. The highest BCUT2D eigenvalue weighted by Crippen LogP contribution is 2.43. The molecule has 1 saturated heterocycles. The van der Waals surface area contributed by atoms with Gasteiger partial charge in [-0.15, -0.1) is 0 Å². The minimum absolute atomic E-state index is 0.000329. The van der Waals surface area contributed by atoms with Gasteiger partial charge in [-0.1, -0.05) is 41.9 Å². The zero-order chi connectivity index (χ0) is 17.6. The maximum atomic E-state index is 9.61. The molecule has 2 aromatic carbocycles. The second kappa shape index (κ2) is 8.02. The molecule has 6 heteroatoms. The Bertz CT molecular complexity index is 810. The Morgan fingerprint density at radius 2 is 2.00 bits per heavy atom. The van der Waals surface area contributed by atoms with Gasteiger partial charge < -0.3 is 15.2 Å². The maximum Gasteiger partial charge on any atom is 0.140 e. The maximum absolute atomic E-state index is 9.61. The molecule has 3 rings (SSSR count). The summed E-state index contributed by atoms with van der Waals surface area (Å²) in [6.07, 6.45) is 2.70.